The average molecular weight is 196 g/mol. The molecule has 0 aromatic heterocycles. The molecule has 0 bridgehead atoms. The maximum atomic E-state index is 12.0. The van der Waals surface area contributed by atoms with Gasteiger partial charge in [0.1, 0.15) is 5.78 Å². The number of rotatable bonds is 2. The summed E-state index contributed by atoms with van der Waals surface area (Å²) in [4.78, 5) is 12.0. The third kappa shape index (κ3) is 2.83. The van der Waals surface area contributed by atoms with Crippen LogP contribution in [0.3, 0.4) is 0 Å². The summed E-state index contributed by atoms with van der Waals surface area (Å²) in [5, 5.41) is 0. The predicted octanol–water partition coefficient (Wildman–Crippen LogP) is 3.82. The summed E-state index contributed by atoms with van der Waals surface area (Å²) in [6.07, 6.45) is 6.09. The number of carbonyl (C=O) groups excluding carboxylic acids is 1. The molecule has 0 spiro atoms. The van der Waals surface area contributed by atoms with E-state index in [9.17, 15) is 4.79 Å². The van der Waals surface area contributed by atoms with Gasteiger partial charge in [-0.15, -0.1) is 0 Å². The summed E-state index contributed by atoms with van der Waals surface area (Å²) in [6.45, 7) is 8.39. The fourth-order valence-electron chi connectivity index (χ4n) is 2.45. The van der Waals surface area contributed by atoms with Crippen LogP contribution in [0.2, 0.25) is 0 Å². The molecule has 0 aliphatic heterocycles. The van der Waals surface area contributed by atoms with E-state index < -0.39 is 0 Å². The first-order valence-corrected chi connectivity index (χ1v) is 5.99. The van der Waals surface area contributed by atoms with Crippen molar-refractivity contribution >= 4 is 5.78 Å². The van der Waals surface area contributed by atoms with Crippen LogP contribution in [0.5, 0.6) is 0 Å². The van der Waals surface area contributed by atoms with Crippen molar-refractivity contribution in [1.82, 2.24) is 0 Å². The van der Waals surface area contributed by atoms with E-state index in [0.29, 0.717) is 11.7 Å². The molecule has 0 radical (unpaired) electrons. The van der Waals surface area contributed by atoms with E-state index in [1.165, 1.54) is 19.3 Å². The molecule has 0 aromatic carbocycles. The van der Waals surface area contributed by atoms with E-state index in [1.807, 2.05) is 20.8 Å². The minimum absolute atomic E-state index is 0.135. The smallest absolute Gasteiger partial charge is 0.141 e. The average Bonchev–Trinajstić information content (AvgIpc) is 2.15. The van der Waals surface area contributed by atoms with Gasteiger partial charge in [-0.1, -0.05) is 34.1 Å². The highest BCUT2D eigenvalue weighted by atomic mass is 16.1. The van der Waals surface area contributed by atoms with Crippen LogP contribution < -0.4 is 0 Å². The summed E-state index contributed by atoms with van der Waals surface area (Å²) in [7, 11) is 0. The van der Waals surface area contributed by atoms with Gasteiger partial charge in [0.2, 0.25) is 0 Å². The minimum atomic E-state index is -0.135. The maximum Gasteiger partial charge on any atom is 0.141 e. The third-order valence-corrected chi connectivity index (χ3v) is 3.53. The second kappa shape index (κ2) is 4.46. The number of Topliss-reactive ketones (excluding diaryl/α,β-unsaturated/α-hetero) is 1. The van der Waals surface area contributed by atoms with E-state index in [2.05, 4.69) is 6.92 Å². The summed E-state index contributed by atoms with van der Waals surface area (Å²) in [5.41, 5.74) is -0.135. The highest BCUT2D eigenvalue weighted by molar-refractivity contribution is 5.85. The van der Waals surface area contributed by atoms with Crippen LogP contribution in [-0.4, -0.2) is 5.78 Å². The van der Waals surface area contributed by atoms with E-state index in [1.54, 1.807) is 0 Å². The van der Waals surface area contributed by atoms with E-state index in [-0.39, 0.29) is 5.41 Å². The van der Waals surface area contributed by atoms with Crippen LogP contribution in [0, 0.1) is 17.3 Å². The minimum Gasteiger partial charge on any atom is -0.299 e. The van der Waals surface area contributed by atoms with Crippen LogP contribution >= 0.6 is 0 Å². The largest absolute Gasteiger partial charge is 0.299 e. The first kappa shape index (κ1) is 11.7. The highest BCUT2D eigenvalue weighted by Crippen LogP contribution is 2.34. The highest BCUT2D eigenvalue weighted by Gasteiger charge is 2.32. The van der Waals surface area contributed by atoms with Crippen molar-refractivity contribution in [2.24, 2.45) is 17.3 Å². The first-order valence-electron chi connectivity index (χ1n) is 5.99. The lowest BCUT2D eigenvalue weighted by Crippen LogP contribution is -2.31. The normalized spacial score (nSPS) is 28.9. The maximum absolute atomic E-state index is 12.0. The molecule has 1 aliphatic carbocycles. The van der Waals surface area contributed by atoms with Crippen molar-refractivity contribution in [2.45, 2.75) is 59.8 Å². The fourth-order valence-corrected chi connectivity index (χ4v) is 2.45. The Hall–Kier alpha value is -0.330. The Labute approximate surface area is 88.3 Å². The quantitative estimate of drug-likeness (QED) is 0.656. The lowest BCUT2D eigenvalue weighted by Gasteiger charge is -2.31. The Kier molecular flexibility index (Phi) is 3.74. The van der Waals surface area contributed by atoms with Gasteiger partial charge in [-0.25, -0.2) is 0 Å². The van der Waals surface area contributed by atoms with Crippen LogP contribution in [0.1, 0.15) is 59.8 Å². The van der Waals surface area contributed by atoms with Crippen molar-refractivity contribution in [3.8, 4) is 0 Å². The van der Waals surface area contributed by atoms with E-state index in [0.717, 1.165) is 18.8 Å². The van der Waals surface area contributed by atoms with Crippen molar-refractivity contribution < 1.29 is 4.79 Å². The molecule has 1 aliphatic rings. The zero-order chi connectivity index (χ0) is 10.8. The van der Waals surface area contributed by atoms with Crippen molar-refractivity contribution in [1.29, 1.82) is 0 Å². The van der Waals surface area contributed by atoms with Crippen molar-refractivity contribution in [3.63, 3.8) is 0 Å². The molecule has 0 amide bonds. The molecule has 1 saturated carbocycles. The summed E-state index contributed by atoms with van der Waals surface area (Å²) >= 11 is 0. The molecule has 0 unspecified atom stereocenters. The molecule has 1 nitrogen and oxygen atoms in total. The van der Waals surface area contributed by atoms with Gasteiger partial charge < -0.3 is 0 Å². The number of carbonyl (C=O) groups is 1. The monoisotopic (exact) mass is 196 g/mol. The zero-order valence-electron chi connectivity index (χ0n) is 10.1. The number of hydrogen-bond acceptors (Lipinski definition) is 1. The molecule has 1 fully saturated rings. The Morgan fingerprint density at radius 3 is 2.00 bits per heavy atom. The van der Waals surface area contributed by atoms with Gasteiger partial charge in [0.25, 0.3) is 0 Å². The van der Waals surface area contributed by atoms with Gasteiger partial charge in [0.15, 0.2) is 0 Å². The number of ketones is 1. The first-order chi connectivity index (χ1) is 6.45. The van der Waals surface area contributed by atoms with Crippen molar-refractivity contribution in [2.75, 3.05) is 0 Å². The molecular formula is C13H24O. The Bertz CT molecular complexity index is 192. The van der Waals surface area contributed by atoms with Crippen LogP contribution in [0.15, 0.2) is 0 Å². The molecule has 1 rings (SSSR count). The molecule has 0 aromatic rings. The summed E-state index contributed by atoms with van der Waals surface area (Å²) in [6, 6.07) is 0. The second-order valence-corrected chi connectivity index (χ2v) is 5.74. The molecule has 0 heterocycles. The molecule has 1 heteroatoms. The third-order valence-electron chi connectivity index (χ3n) is 3.53. The Morgan fingerprint density at radius 1 is 1.14 bits per heavy atom. The molecule has 82 valence electrons. The van der Waals surface area contributed by atoms with E-state index >= 15 is 0 Å². The second-order valence-electron chi connectivity index (χ2n) is 5.74. The number of hydrogen-bond donors (Lipinski definition) is 0. The summed E-state index contributed by atoms with van der Waals surface area (Å²) < 4.78 is 0. The zero-order valence-corrected chi connectivity index (χ0v) is 10.1. The van der Waals surface area contributed by atoms with Crippen LogP contribution in [0.4, 0.5) is 0 Å². The fraction of sp³-hybridized carbons (Fsp3) is 0.923. The van der Waals surface area contributed by atoms with Gasteiger partial charge >= 0.3 is 0 Å². The van der Waals surface area contributed by atoms with Crippen LogP contribution in [0.25, 0.3) is 0 Å². The standard InChI is InChI=1S/C13H24O/c1-5-10-6-8-11(9-7-10)12(14)13(2,3)4/h10-11H,5-9H2,1-4H3/t10-,11-. The molecule has 0 saturated heterocycles. The Balaban J connectivity index is 2.46. The van der Waals surface area contributed by atoms with Gasteiger partial charge in [0, 0.05) is 11.3 Å². The molecule has 0 atom stereocenters. The SMILES string of the molecule is CC[C@H]1CC[C@H](C(=O)C(C)(C)C)CC1. The van der Waals surface area contributed by atoms with Gasteiger partial charge in [0.05, 0.1) is 0 Å². The lowest BCUT2D eigenvalue weighted by molar-refractivity contribution is -0.131. The summed E-state index contributed by atoms with van der Waals surface area (Å²) in [5.74, 6) is 1.73. The van der Waals surface area contributed by atoms with E-state index in [4.69, 9.17) is 0 Å². The topological polar surface area (TPSA) is 17.1 Å². The van der Waals surface area contributed by atoms with Gasteiger partial charge in [-0.3, -0.25) is 4.79 Å². The van der Waals surface area contributed by atoms with Gasteiger partial charge in [-0.05, 0) is 31.6 Å². The molecular weight excluding hydrogens is 172 g/mol. The van der Waals surface area contributed by atoms with Crippen molar-refractivity contribution in [3.05, 3.63) is 0 Å². The molecule has 0 N–H and O–H groups in total. The molecule has 14 heavy (non-hydrogen) atoms. The van der Waals surface area contributed by atoms with Gasteiger partial charge in [-0.2, -0.15) is 0 Å². The van der Waals surface area contributed by atoms with Crippen LogP contribution in [-0.2, 0) is 4.79 Å². The predicted molar refractivity (Wildman–Crippen MR) is 60.2 cm³/mol. The lowest BCUT2D eigenvalue weighted by atomic mass is 9.73. The Morgan fingerprint density at radius 2 is 1.64 bits per heavy atom.